The van der Waals surface area contributed by atoms with Crippen LogP contribution in [0.4, 0.5) is 0 Å². The second kappa shape index (κ2) is 9.57. The molecule has 3 nitrogen and oxygen atoms in total. The third-order valence-corrected chi connectivity index (χ3v) is 4.79. The number of hydrogen-bond donors (Lipinski definition) is 2. The van der Waals surface area contributed by atoms with Crippen molar-refractivity contribution >= 4 is 41.7 Å². The van der Waals surface area contributed by atoms with Gasteiger partial charge in [0.1, 0.15) is 0 Å². The van der Waals surface area contributed by atoms with Crippen molar-refractivity contribution < 1.29 is 4.79 Å². The van der Waals surface area contributed by atoms with Crippen LogP contribution in [0.1, 0.15) is 26.3 Å². The zero-order valence-corrected chi connectivity index (χ0v) is 15.1. The van der Waals surface area contributed by atoms with Crippen molar-refractivity contribution in [2.45, 2.75) is 32.1 Å². The standard InChI is InChI=1S/C15H23ClN2OS.ClH/c1-11(2)15(3,10-17)18-14(19)9-20-8-12-4-6-13(16)7-5-12;/h4-7,11H,8-10,17H2,1-3H3,(H,18,19);1H. The van der Waals surface area contributed by atoms with E-state index in [-0.39, 0.29) is 23.9 Å². The van der Waals surface area contributed by atoms with Gasteiger partial charge in [-0.15, -0.1) is 24.2 Å². The van der Waals surface area contributed by atoms with E-state index in [0.717, 1.165) is 16.3 Å². The first kappa shape index (κ1) is 20.6. The highest BCUT2D eigenvalue weighted by Gasteiger charge is 2.28. The molecule has 0 bridgehead atoms. The topological polar surface area (TPSA) is 55.1 Å². The molecular weight excluding hydrogens is 327 g/mol. The van der Waals surface area contributed by atoms with Crippen molar-refractivity contribution in [3.8, 4) is 0 Å². The Bertz CT molecular complexity index is 440. The van der Waals surface area contributed by atoms with E-state index in [1.54, 1.807) is 11.8 Å². The molecule has 1 amide bonds. The van der Waals surface area contributed by atoms with Gasteiger partial charge < -0.3 is 11.1 Å². The first-order chi connectivity index (χ1) is 9.37. The van der Waals surface area contributed by atoms with Crippen molar-refractivity contribution in [3.63, 3.8) is 0 Å². The Morgan fingerprint density at radius 2 is 1.95 bits per heavy atom. The summed E-state index contributed by atoms with van der Waals surface area (Å²) in [4.78, 5) is 12.0. The maximum absolute atomic E-state index is 12.0. The van der Waals surface area contributed by atoms with E-state index in [2.05, 4.69) is 19.2 Å². The number of hydrogen-bond acceptors (Lipinski definition) is 3. The first-order valence-electron chi connectivity index (χ1n) is 6.70. The van der Waals surface area contributed by atoms with Gasteiger partial charge >= 0.3 is 0 Å². The highest BCUT2D eigenvalue weighted by Crippen LogP contribution is 2.17. The highest BCUT2D eigenvalue weighted by atomic mass is 35.5. The van der Waals surface area contributed by atoms with Crippen molar-refractivity contribution in [2.24, 2.45) is 11.7 Å². The highest BCUT2D eigenvalue weighted by molar-refractivity contribution is 7.99. The molecular formula is C15H24Cl2N2OS. The molecule has 0 fully saturated rings. The number of amides is 1. The molecule has 0 aromatic heterocycles. The summed E-state index contributed by atoms with van der Waals surface area (Å²) in [7, 11) is 0. The molecule has 0 spiro atoms. The minimum atomic E-state index is -0.335. The first-order valence-corrected chi connectivity index (χ1v) is 8.24. The molecule has 21 heavy (non-hydrogen) atoms. The molecule has 0 radical (unpaired) electrons. The lowest BCUT2D eigenvalue weighted by Crippen LogP contribution is -2.55. The van der Waals surface area contributed by atoms with Gasteiger partial charge in [0.2, 0.25) is 5.91 Å². The molecule has 0 aliphatic rings. The lowest BCUT2D eigenvalue weighted by atomic mass is 9.88. The summed E-state index contributed by atoms with van der Waals surface area (Å²) >= 11 is 7.42. The number of halogens is 2. The third-order valence-electron chi connectivity index (χ3n) is 3.54. The van der Waals surface area contributed by atoms with Crippen molar-refractivity contribution in [1.29, 1.82) is 0 Å². The van der Waals surface area contributed by atoms with Crippen molar-refractivity contribution in [3.05, 3.63) is 34.9 Å². The van der Waals surface area contributed by atoms with E-state index in [4.69, 9.17) is 17.3 Å². The molecule has 0 saturated heterocycles. The maximum Gasteiger partial charge on any atom is 0.230 e. The molecule has 0 aliphatic heterocycles. The van der Waals surface area contributed by atoms with Crippen LogP contribution in [-0.4, -0.2) is 23.7 Å². The molecule has 0 heterocycles. The Hall–Kier alpha value is -0.420. The van der Waals surface area contributed by atoms with Crippen LogP contribution < -0.4 is 11.1 Å². The van der Waals surface area contributed by atoms with Gasteiger partial charge in [-0.05, 0) is 30.5 Å². The summed E-state index contributed by atoms with van der Waals surface area (Å²) in [5, 5.41) is 3.76. The van der Waals surface area contributed by atoms with Gasteiger partial charge in [0.05, 0.1) is 11.3 Å². The number of nitrogens with one attached hydrogen (secondary N) is 1. The summed E-state index contributed by atoms with van der Waals surface area (Å²) in [5.41, 5.74) is 6.59. The van der Waals surface area contributed by atoms with Crippen LogP contribution in [0, 0.1) is 5.92 Å². The summed E-state index contributed by atoms with van der Waals surface area (Å²) in [6.07, 6.45) is 0. The molecule has 1 aromatic rings. The molecule has 1 unspecified atom stereocenters. The molecule has 0 aliphatic carbocycles. The average Bonchev–Trinajstić information content (AvgIpc) is 2.40. The lowest BCUT2D eigenvalue weighted by Gasteiger charge is -2.33. The van der Waals surface area contributed by atoms with E-state index in [1.165, 1.54) is 0 Å². The number of thioether (sulfide) groups is 1. The zero-order valence-electron chi connectivity index (χ0n) is 12.7. The van der Waals surface area contributed by atoms with Gasteiger partial charge in [0.15, 0.2) is 0 Å². The summed E-state index contributed by atoms with van der Waals surface area (Å²) in [5.74, 6) is 1.57. The SMILES string of the molecule is CC(C)C(C)(CN)NC(=O)CSCc1ccc(Cl)cc1.Cl. The van der Waals surface area contributed by atoms with Crippen LogP contribution in [0.2, 0.25) is 5.02 Å². The minimum absolute atomic E-state index is 0. The second-order valence-electron chi connectivity index (χ2n) is 5.44. The van der Waals surface area contributed by atoms with Gasteiger partial charge in [-0.3, -0.25) is 4.79 Å². The van der Waals surface area contributed by atoms with Crippen LogP contribution >= 0.6 is 35.8 Å². The van der Waals surface area contributed by atoms with Gasteiger partial charge in [0, 0.05) is 17.3 Å². The Balaban J connectivity index is 0.00000400. The fourth-order valence-electron chi connectivity index (χ4n) is 1.63. The summed E-state index contributed by atoms with van der Waals surface area (Å²) in [6, 6.07) is 7.68. The van der Waals surface area contributed by atoms with Crippen LogP contribution in [-0.2, 0) is 10.5 Å². The fourth-order valence-corrected chi connectivity index (χ4v) is 2.54. The molecule has 1 atom stereocenters. The van der Waals surface area contributed by atoms with Crippen LogP contribution in [0.15, 0.2) is 24.3 Å². The summed E-state index contributed by atoms with van der Waals surface area (Å²) in [6.45, 7) is 6.56. The molecule has 6 heteroatoms. The smallest absolute Gasteiger partial charge is 0.230 e. The molecule has 0 saturated carbocycles. The Morgan fingerprint density at radius 3 is 2.43 bits per heavy atom. The number of rotatable bonds is 7. The van der Waals surface area contributed by atoms with Gasteiger partial charge in [0.25, 0.3) is 0 Å². The van der Waals surface area contributed by atoms with Crippen molar-refractivity contribution in [1.82, 2.24) is 5.32 Å². The molecule has 3 N–H and O–H groups in total. The Kier molecular flexibility index (Phi) is 9.38. The normalized spacial score (nSPS) is 13.4. The quantitative estimate of drug-likeness (QED) is 0.791. The molecule has 120 valence electrons. The Morgan fingerprint density at radius 1 is 1.38 bits per heavy atom. The predicted molar refractivity (Wildman–Crippen MR) is 95.3 cm³/mol. The average molecular weight is 351 g/mol. The van der Waals surface area contributed by atoms with E-state index in [0.29, 0.717) is 18.2 Å². The predicted octanol–water partition coefficient (Wildman–Crippen LogP) is 3.48. The third kappa shape index (κ3) is 6.92. The fraction of sp³-hybridized carbons (Fsp3) is 0.533. The second-order valence-corrected chi connectivity index (χ2v) is 6.87. The number of nitrogens with two attached hydrogens (primary N) is 1. The van der Waals surface area contributed by atoms with E-state index < -0.39 is 0 Å². The van der Waals surface area contributed by atoms with E-state index in [9.17, 15) is 4.79 Å². The number of carbonyl (C=O) groups is 1. The number of carbonyl (C=O) groups excluding carboxylic acids is 1. The lowest BCUT2D eigenvalue weighted by molar-refractivity contribution is -0.120. The molecule has 1 aromatic carbocycles. The minimum Gasteiger partial charge on any atom is -0.349 e. The van der Waals surface area contributed by atoms with E-state index in [1.807, 2.05) is 31.2 Å². The van der Waals surface area contributed by atoms with Gasteiger partial charge in [-0.25, -0.2) is 0 Å². The molecule has 1 rings (SSSR count). The van der Waals surface area contributed by atoms with Crippen LogP contribution in [0.25, 0.3) is 0 Å². The maximum atomic E-state index is 12.0. The number of benzene rings is 1. The monoisotopic (exact) mass is 350 g/mol. The van der Waals surface area contributed by atoms with Crippen LogP contribution in [0.3, 0.4) is 0 Å². The van der Waals surface area contributed by atoms with Crippen LogP contribution in [0.5, 0.6) is 0 Å². The van der Waals surface area contributed by atoms with Crippen molar-refractivity contribution in [2.75, 3.05) is 12.3 Å². The van der Waals surface area contributed by atoms with Gasteiger partial charge in [-0.1, -0.05) is 37.6 Å². The Labute approximate surface area is 142 Å². The largest absolute Gasteiger partial charge is 0.349 e. The van der Waals surface area contributed by atoms with E-state index >= 15 is 0 Å². The zero-order chi connectivity index (χ0) is 15.2. The summed E-state index contributed by atoms with van der Waals surface area (Å²) < 4.78 is 0. The van der Waals surface area contributed by atoms with Gasteiger partial charge in [-0.2, -0.15) is 0 Å².